The van der Waals surface area contributed by atoms with Gasteiger partial charge in [-0.3, -0.25) is 9.59 Å². The molecule has 3 aliphatic rings. The normalized spacial score (nSPS) is 21.2. The molecule has 0 amide bonds. The highest BCUT2D eigenvalue weighted by molar-refractivity contribution is 6.06. The average molecular weight is 476 g/mol. The summed E-state index contributed by atoms with van der Waals surface area (Å²) in [5.74, 6) is 1.01. The van der Waals surface area contributed by atoms with E-state index in [4.69, 9.17) is 9.47 Å². The summed E-state index contributed by atoms with van der Waals surface area (Å²) in [6, 6.07) is 3.98. The summed E-state index contributed by atoms with van der Waals surface area (Å²) in [5.41, 5.74) is 4.89. The Kier molecular flexibility index (Phi) is 6.56. The van der Waals surface area contributed by atoms with Crippen molar-refractivity contribution < 1.29 is 19.1 Å². The van der Waals surface area contributed by atoms with Crippen LogP contribution in [0.2, 0.25) is 0 Å². The molecule has 1 N–H and O–H groups in total. The second-order valence-electron chi connectivity index (χ2n) is 11.5. The Morgan fingerprint density at radius 2 is 1.51 bits per heavy atom. The number of Topliss-reactive ketones (excluding diaryl/α,β-unsaturated/α-hetero) is 2. The number of nitrogens with one attached hydrogen (secondary N) is 1. The Labute approximate surface area is 209 Å². The molecule has 2 aliphatic carbocycles. The lowest BCUT2D eigenvalue weighted by atomic mass is 9.64. The lowest BCUT2D eigenvalue weighted by molar-refractivity contribution is -0.119. The lowest BCUT2D eigenvalue weighted by Crippen LogP contribution is -2.42. The molecule has 0 spiro atoms. The number of carbonyl (C=O) groups excluding carboxylic acids is 2. The van der Waals surface area contributed by atoms with Gasteiger partial charge in [-0.25, -0.2) is 0 Å². The van der Waals surface area contributed by atoms with Gasteiger partial charge in [-0.2, -0.15) is 0 Å². The minimum Gasteiger partial charge on any atom is -0.493 e. The Bertz CT molecular complexity index is 1110. The molecule has 0 bridgehead atoms. The van der Waals surface area contributed by atoms with E-state index in [1.807, 2.05) is 18.2 Å². The smallest absolute Gasteiger partial charge is 0.165 e. The van der Waals surface area contributed by atoms with Crippen LogP contribution in [-0.4, -0.2) is 25.3 Å². The second-order valence-corrected chi connectivity index (χ2v) is 11.5. The summed E-state index contributed by atoms with van der Waals surface area (Å²) in [6.45, 7) is 16.5. The highest BCUT2D eigenvalue weighted by Gasteiger charge is 2.46. The van der Waals surface area contributed by atoms with Gasteiger partial charge in [0.15, 0.2) is 23.1 Å². The molecule has 1 heterocycles. The molecule has 0 saturated heterocycles. The number of hydrogen-bond donors (Lipinski definition) is 1. The summed E-state index contributed by atoms with van der Waals surface area (Å²) in [5, 5.41) is 3.57. The fourth-order valence-corrected chi connectivity index (χ4v) is 5.84. The number of benzene rings is 1. The Morgan fingerprint density at radius 1 is 0.943 bits per heavy atom. The Hall–Kier alpha value is -3.08. The van der Waals surface area contributed by atoms with Crippen LogP contribution >= 0.6 is 0 Å². The van der Waals surface area contributed by atoms with Crippen molar-refractivity contribution >= 4 is 11.6 Å². The molecule has 0 fully saturated rings. The predicted octanol–water partition coefficient (Wildman–Crippen LogP) is 5.96. The molecule has 0 unspecified atom stereocenters. The molecular formula is C30H37NO4. The second kappa shape index (κ2) is 9.18. The standard InChI is InChI=1S/C30H37NO4/c1-8-10-18-12-19(13-24(34-7)28(18)35-11-9-2)25-26-20(14-29(3,4)16-22(26)32)31-21-15-30(5,6)17-23(33)27(21)25/h8-9,12-13,25,31H,1-2,10-11,14-17H2,3-7H3. The highest BCUT2D eigenvalue weighted by Crippen LogP contribution is 2.52. The van der Waals surface area contributed by atoms with E-state index in [9.17, 15) is 9.59 Å². The van der Waals surface area contributed by atoms with E-state index in [0.717, 1.165) is 46.5 Å². The highest BCUT2D eigenvalue weighted by atomic mass is 16.5. The number of dihydropyridines is 1. The van der Waals surface area contributed by atoms with E-state index >= 15 is 0 Å². The first-order chi connectivity index (χ1) is 16.5. The maximum absolute atomic E-state index is 13.6. The average Bonchev–Trinajstić information content (AvgIpc) is 2.74. The number of hydrogen-bond acceptors (Lipinski definition) is 5. The van der Waals surface area contributed by atoms with Crippen molar-refractivity contribution in [2.24, 2.45) is 10.8 Å². The minimum absolute atomic E-state index is 0.106. The molecule has 0 aromatic heterocycles. The zero-order valence-electron chi connectivity index (χ0n) is 21.7. The van der Waals surface area contributed by atoms with Crippen molar-refractivity contribution in [3.63, 3.8) is 0 Å². The van der Waals surface area contributed by atoms with E-state index in [2.05, 4.69) is 46.2 Å². The molecule has 0 saturated carbocycles. The van der Waals surface area contributed by atoms with Crippen LogP contribution < -0.4 is 14.8 Å². The molecule has 1 aromatic carbocycles. The van der Waals surface area contributed by atoms with Crippen LogP contribution in [0.3, 0.4) is 0 Å². The van der Waals surface area contributed by atoms with E-state index < -0.39 is 5.92 Å². The first-order valence-electron chi connectivity index (χ1n) is 12.3. The summed E-state index contributed by atoms with van der Waals surface area (Å²) in [4.78, 5) is 27.2. The zero-order valence-corrected chi connectivity index (χ0v) is 21.7. The van der Waals surface area contributed by atoms with Crippen LogP contribution in [0.25, 0.3) is 0 Å². The summed E-state index contributed by atoms with van der Waals surface area (Å²) in [6.07, 6.45) is 6.55. The van der Waals surface area contributed by atoms with Gasteiger partial charge in [0.1, 0.15) is 6.61 Å². The fraction of sp³-hybridized carbons (Fsp3) is 0.467. The number of ether oxygens (including phenoxy) is 2. The SMILES string of the molecule is C=CCOc1c(CC=C)cc(C2C3=C(CC(C)(C)CC3=O)NC3=C2C(=O)CC(C)(C)C3)cc1OC. The molecule has 0 atom stereocenters. The molecule has 35 heavy (non-hydrogen) atoms. The molecule has 186 valence electrons. The van der Waals surface area contributed by atoms with Crippen LogP contribution in [0.1, 0.15) is 70.4 Å². The molecule has 5 heteroatoms. The van der Waals surface area contributed by atoms with Crippen molar-refractivity contribution in [3.8, 4) is 11.5 Å². The van der Waals surface area contributed by atoms with Crippen LogP contribution in [0.15, 0.2) is 60.0 Å². The minimum atomic E-state index is -0.417. The van der Waals surface area contributed by atoms with Crippen molar-refractivity contribution in [2.45, 2.75) is 65.7 Å². The van der Waals surface area contributed by atoms with Gasteiger partial charge in [0.25, 0.3) is 0 Å². The largest absolute Gasteiger partial charge is 0.493 e. The van der Waals surface area contributed by atoms with Gasteiger partial charge in [0.2, 0.25) is 0 Å². The van der Waals surface area contributed by atoms with E-state index in [1.165, 1.54) is 0 Å². The zero-order chi connectivity index (χ0) is 25.5. The van der Waals surface area contributed by atoms with Crippen molar-refractivity contribution in [3.05, 3.63) is 71.1 Å². The lowest BCUT2D eigenvalue weighted by Gasteiger charge is -2.44. The van der Waals surface area contributed by atoms with E-state index in [0.29, 0.717) is 37.4 Å². The maximum atomic E-state index is 13.6. The fourth-order valence-electron chi connectivity index (χ4n) is 5.84. The summed E-state index contributed by atoms with van der Waals surface area (Å²) < 4.78 is 11.7. The van der Waals surface area contributed by atoms with Gasteiger partial charge in [0, 0.05) is 46.9 Å². The molecule has 5 nitrogen and oxygen atoms in total. The molecule has 4 rings (SSSR count). The van der Waals surface area contributed by atoms with Gasteiger partial charge in [-0.05, 0) is 41.7 Å². The Balaban J connectivity index is 1.95. The van der Waals surface area contributed by atoms with Crippen LogP contribution in [0.5, 0.6) is 11.5 Å². The third-order valence-corrected chi connectivity index (χ3v) is 7.14. The summed E-state index contributed by atoms with van der Waals surface area (Å²) in [7, 11) is 1.61. The van der Waals surface area contributed by atoms with Gasteiger partial charge in [0.05, 0.1) is 7.11 Å². The number of methoxy groups -OCH3 is 1. The number of allylic oxidation sites excluding steroid dienone is 5. The molecule has 0 radical (unpaired) electrons. The molecule has 1 aliphatic heterocycles. The van der Waals surface area contributed by atoms with Gasteiger partial charge < -0.3 is 14.8 Å². The maximum Gasteiger partial charge on any atom is 0.165 e. The van der Waals surface area contributed by atoms with Gasteiger partial charge >= 0.3 is 0 Å². The first kappa shape index (κ1) is 25.0. The van der Waals surface area contributed by atoms with Gasteiger partial charge in [-0.15, -0.1) is 6.58 Å². The monoisotopic (exact) mass is 475 g/mol. The summed E-state index contributed by atoms with van der Waals surface area (Å²) >= 11 is 0. The van der Waals surface area contributed by atoms with E-state index in [1.54, 1.807) is 13.2 Å². The quantitative estimate of drug-likeness (QED) is 0.493. The van der Waals surface area contributed by atoms with Crippen molar-refractivity contribution in [2.75, 3.05) is 13.7 Å². The third kappa shape index (κ3) is 4.73. The molecule has 1 aromatic rings. The number of ketones is 2. The topological polar surface area (TPSA) is 64.6 Å². The predicted molar refractivity (Wildman–Crippen MR) is 139 cm³/mol. The number of carbonyl (C=O) groups is 2. The molecular weight excluding hydrogens is 438 g/mol. The first-order valence-corrected chi connectivity index (χ1v) is 12.3. The Morgan fingerprint density at radius 3 is 2.00 bits per heavy atom. The number of rotatable bonds is 7. The van der Waals surface area contributed by atoms with Crippen LogP contribution in [0, 0.1) is 10.8 Å². The van der Waals surface area contributed by atoms with Crippen molar-refractivity contribution in [1.29, 1.82) is 0 Å². The van der Waals surface area contributed by atoms with E-state index in [-0.39, 0.29) is 22.4 Å². The van der Waals surface area contributed by atoms with Crippen LogP contribution in [-0.2, 0) is 16.0 Å². The van der Waals surface area contributed by atoms with Crippen LogP contribution in [0.4, 0.5) is 0 Å². The third-order valence-electron chi connectivity index (χ3n) is 7.14. The van der Waals surface area contributed by atoms with Gasteiger partial charge in [-0.1, -0.05) is 52.5 Å². The van der Waals surface area contributed by atoms with Crippen molar-refractivity contribution in [1.82, 2.24) is 5.32 Å².